The monoisotopic (exact) mass is 395 g/mol. The number of nitrogens with one attached hydrogen (secondary N) is 2. The van der Waals surface area contributed by atoms with E-state index in [1.54, 1.807) is 42.5 Å². The number of amides is 2. The molecule has 2 aromatic carbocycles. The zero-order valence-corrected chi connectivity index (χ0v) is 14.0. The maximum absolute atomic E-state index is 11.6. The van der Waals surface area contributed by atoms with Gasteiger partial charge in [0, 0.05) is 15.2 Å². The molecule has 8 heteroatoms. The number of hydrogen-bond acceptors (Lipinski definition) is 4. The molecular weight excluding hydrogens is 386 g/mol. The van der Waals surface area contributed by atoms with Gasteiger partial charge in [0.2, 0.25) is 0 Å². The fraction of sp³-hybridized carbons (Fsp3) is 0. The first-order valence-electron chi connectivity index (χ1n) is 6.37. The fourth-order valence-corrected chi connectivity index (χ4v) is 2.03. The number of anilines is 2. The van der Waals surface area contributed by atoms with E-state index in [0.29, 0.717) is 16.4 Å². The van der Waals surface area contributed by atoms with Crippen LogP contribution in [0.5, 0.6) is 0 Å². The van der Waals surface area contributed by atoms with Crippen molar-refractivity contribution in [1.29, 1.82) is 0 Å². The third kappa shape index (κ3) is 5.72. The van der Waals surface area contributed by atoms with Gasteiger partial charge in [-0.05, 0) is 52.3 Å². The first-order chi connectivity index (χ1) is 11.0. The Labute approximate surface area is 145 Å². The highest BCUT2D eigenvalue weighted by atomic mass is 79.9. The molecule has 118 valence electrons. The SMILES string of the molecule is O=C(/C=N\OC(=O)Nc1ccc(Cl)cc1)Nc1ccccc1Br. The van der Waals surface area contributed by atoms with Gasteiger partial charge < -0.3 is 5.32 Å². The van der Waals surface area contributed by atoms with Gasteiger partial charge in [-0.15, -0.1) is 0 Å². The lowest BCUT2D eigenvalue weighted by Gasteiger charge is -2.04. The molecule has 0 saturated heterocycles. The summed E-state index contributed by atoms with van der Waals surface area (Å²) in [6.45, 7) is 0. The molecule has 0 atom stereocenters. The molecular formula is C15H11BrClN3O3. The average Bonchev–Trinajstić information content (AvgIpc) is 2.52. The van der Waals surface area contributed by atoms with Crippen LogP contribution in [0, 0.1) is 0 Å². The number of oxime groups is 1. The van der Waals surface area contributed by atoms with Gasteiger partial charge in [-0.3, -0.25) is 14.9 Å². The van der Waals surface area contributed by atoms with Gasteiger partial charge in [-0.25, -0.2) is 4.79 Å². The zero-order chi connectivity index (χ0) is 16.7. The molecule has 23 heavy (non-hydrogen) atoms. The smallest absolute Gasteiger partial charge is 0.320 e. The summed E-state index contributed by atoms with van der Waals surface area (Å²) in [5.74, 6) is -0.531. The van der Waals surface area contributed by atoms with Crippen LogP contribution in [-0.4, -0.2) is 18.2 Å². The third-order valence-corrected chi connectivity index (χ3v) is 3.47. The molecule has 0 aromatic heterocycles. The molecule has 0 fully saturated rings. The van der Waals surface area contributed by atoms with Gasteiger partial charge in [0.1, 0.15) is 6.21 Å². The van der Waals surface area contributed by atoms with Crippen LogP contribution in [0.3, 0.4) is 0 Å². The largest absolute Gasteiger partial charge is 0.437 e. The summed E-state index contributed by atoms with van der Waals surface area (Å²) >= 11 is 9.02. The van der Waals surface area contributed by atoms with Crippen LogP contribution in [-0.2, 0) is 9.63 Å². The maximum Gasteiger partial charge on any atom is 0.437 e. The molecule has 6 nitrogen and oxygen atoms in total. The summed E-state index contributed by atoms with van der Waals surface area (Å²) in [4.78, 5) is 27.6. The molecule has 0 unspecified atom stereocenters. The van der Waals surface area contributed by atoms with Crippen LogP contribution in [0.25, 0.3) is 0 Å². The van der Waals surface area contributed by atoms with E-state index in [-0.39, 0.29) is 0 Å². The Morgan fingerprint density at radius 2 is 1.78 bits per heavy atom. The number of carbonyl (C=O) groups excluding carboxylic acids is 2. The standard InChI is InChI=1S/C15H11BrClN3O3/c16-12-3-1-2-4-13(12)20-14(21)9-18-23-15(22)19-11-7-5-10(17)6-8-11/h1-9H,(H,19,22)(H,20,21)/b18-9-. The van der Waals surface area contributed by atoms with Crippen LogP contribution in [0.4, 0.5) is 16.2 Å². The quantitative estimate of drug-likeness (QED) is 0.460. The molecule has 0 aliphatic heterocycles. The van der Waals surface area contributed by atoms with Crippen molar-refractivity contribution < 1.29 is 14.4 Å². The lowest BCUT2D eigenvalue weighted by molar-refractivity contribution is -0.110. The Morgan fingerprint density at radius 1 is 1.09 bits per heavy atom. The number of hydrogen-bond donors (Lipinski definition) is 2. The van der Waals surface area contributed by atoms with Gasteiger partial charge in [-0.2, -0.15) is 0 Å². The number of halogens is 2. The van der Waals surface area contributed by atoms with E-state index in [1.807, 2.05) is 6.07 Å². The van der Waals surface area contributed by atoms with Gasteiger partial charge in [0.15, 0.2) is 0 Å². The summed E-state index contributed by atoms with van der Waals surface area (Å²) in [6, 6.07) is 13.5. The van der Waals surface area contributed by atoms with Crippen molar-refractivity contribution in [3.63, 3.8) is 0 Å². The van der Waals surface area contributed by atoms with Crippen molar-refractivity contribution in [2.24, 2.45) is 5.16 Å². The van der Waals surface area contributed by atoms with E-state index < -0.39 is 12.0 Å². The van der Waals surface area contributed by atoms with Crippen molar-refractivity contribution in [1.82, 2.24) is 0 Å². The number of carbonyl (C=O) groups is 2. The highest BCUT2D eigenvalue weighted by Crippen LogP contribution is 2.20. The van der Waals surface area contributed by atoms with E-state index in [1.165, 1.54) is 0 Å². The van der Waals surface area contributed by atoms with Crippen molar-refractivity contribution in [3.05, 3.63) is 58.0 Å². The van der Waals surface area contributed by atoms with Gasteiger partial charge >= 0.3 is 6.09 Å². The predicted octanol–water partition coefficient (Wildman–Crippen LogP) is 4.28. The second-order valence-corrected chi connectivity index (χ2v) is 5.51. The number of rotatable bonds is 4. The van der Waals surface area contributed by atoms with Crippen molar-refractivity contribution in [2.45, 2.75) is 0 Å². The average molecular weight is 397 g/mol. The van der Waals surface area contributed by atoms with Gasteiger partial charge in [-0.1, -0.05) is 28.9 Å². The van der Waals surface area contributed by atoms with Crippen molar-refractivity contribution >= 4 is 57.1 Å². The normalized spacial score (nSPS) is 10.3. The summed E-state index contributed by atoms with van der Waals surface area (Å²) < 4.78 is 0.725. The van der Waals surface area contributed by atoms with Crippen LogP contribution in [0.1, 0.15) is 0 Å². The Hall–Kier alpha value is -2.38. The lowest BCUT2D eigenvalue weighted by Crippen LogP contribution is -2.15. The Morgan fingerprint density at radius 3 is 2.48 bits per heavy atom. The Bertz CT molecular complexity index is 735. The molecule has 2 N–H and O–H groups in total. The van der Waals surface area contributed by atoms with E-state index in [0.717, 1.165) is 10.7 Å². The van der Waals surface area contributed by atoms with Crippen LogP contribution < -0.4 is 10.6 Å². The van der Waals surface area contributed by atoms with Crippen LogP contribution in [0.2, 0.25) is 5.02 Å². The number of nitrogens with zero attached hydrogens (tertiary/aromatic N) is 1. The van der Waals surface area contributed by atoms with Crippen molar-refractivity contribution in [2.75, 3.05) is 10.6 Å². The second-order valence-electron chi connectivity index (χ2n) is 4.21. The summed E-state index contributed by atoms with van der Waals surface area (Å²) in [6.07, 6.45) is 0.0400. The molecule has 2 aromatic rings. The minimum atomic E-state index is -0.822. The Kier molecular flexibility index (Phi) is 6.13. The number of para-hydroxylation sites is 1. The number of benzene rings is 2. The fourth-order valence-electron chi connectivity index (χ4n) is 1.52. The van der Waals surface area contributed by atoms with Crippen LogP contribution in [0.15, 0.2) is 58.2 Å². The zero-order valence-electron chi connectivity index (χ0n) is 11.6. The highest BCUT2D eigenvalue weighted by molar-refractivity contribution is 9.10. The topological polar surface area (TPSA) is 79.8 Å². The second kappa shape index (κ2) is 8.30. The molecule has 0 spiro atoms. The summed E-state index contributed by atoms with van der Waals surface area (Å²) in [5, 5.41) is 8.87. The predicted molar refractivity (Wildman–Crippen MR) is 92.8 cm³/mol. The first-order valence-corrected chi connectivity index (χ1v) is 7.54. The van der Waals surface area contributed by atoms with E-state index >= 15 is 0 Å². The molecule has 0 aliphatic rings. The van der Waals surface area contributed by atoms with Crippen LogP contribution >= 0.6 is 27.5 Å². The lowest BCUT2D eigenvalue weighted by atomic mass is 10.3. The summed E-state index contributed by atoms with van der Waals surface area (Å²) in [5.41, 5.74) is 1.07. The minimum absolute atomic E-state index is 0.493. The minimum Gasteiger partial charge on any atom is -0.320 e. The van der Waals surface area contributed by atoms with Gasteiger partial charge in [0.05, 0.1) is 5.69 Å². The molecule has 0 saturated carbocycles. The Balaban J connectivity index is 1.81. The maximum atomic E-state index is 11.6. The summed E-state index contributed by atoms with van der Waals surface area (Å²) in [7, 11) is 0. The molecule has 2 amide bonds. The van der Waals surface area contributed by atoms with E-state index in [9.17, 15) is 9.59 Å². The molecule has 2 rings (SSSR count). The molecule has 0 bridgehead atoms. The highest BCUT2D eigenvalue weighted by Gasteiger charge is 2.04. The van der Waals surface area contributed by atoms with Crippen molar-refractivity contribution in [3.8, 4) is 0 Å². The molecule has 0 radical (unpaired) electrons. The van der Waals surface area contributed by atoms with E-state index in [2.05, 4.69) is 36.6 Å². The first kappa shape index (κ1) is 17.0. The van der Waals surface area contributed by atoms with Gasteiger partial charge in [0.25, 0.3) is 5.91 Å². The molecule has 0 aliphatic carbocycles. The third-order valence-electron chi connectivity index (χ3n) is 2.53. The molecule has 0 heterocycles. The van der Waals surface area contributed by atoms with E-state index in [4.69, 9.17) is 11.6 Å².